The molecule has 31 heavy (non-hydrogen) atoms. The Bertz CT molecular complexity index is 1130. The van der Waals surface area contributed by atoms with Crippen LogP contribution in [0.1, 0.15) is 35.4 Å². The van der Waals surface area contributed by atoms with Crippen LogP contribution in [0.25, 0.3) is 0 Å². The van der Waals surface area contributed by atoms with Crippen LogP contribution in [0.4, 0.5) is 0 Å². The fourth-order valence-electron chi connectivity index (χ4n) is 4.22. The van der Waals surface area contributed by atoms with Gasteiger partial charge in [-0.3, -0.25) is 0 Å². The molecule has 3 aromatic rings. The van der Waals surface area contributed by atoms with Crippen LogP contribution in [0, 0.1) is 0 Å². The summed E-state index contributed by atoms with van der Waals surface area (Å²) in [6, 6.07) is 22.0. The number of nitrogens with zero attached hydrogens (tertiary/aromatic N) is 2. The van der Waals surface area contributed by atoms with Crippen LogP contribution in [-0.2, 0) is 0 Å². The van der Waals surface area contributed by atoms with Crippen molar-refractivity contribution in [1.82, 2.24) is 5.01 Å². The van der Waals surface area contributed by atoms with Gasteiger partial charge in [0.15, 0.2) is 11.5 Å². The smallest absolute Gasteiger partial charge is 0.214 e. The quantitative estimate of drug-likeness (QED) is 0.589. The number of hydrogen-bond donors (Lipinski definition) is 0. The van der Waals surface area contributed by atoms with Crippen molar-refractivity contribution in [3.63, 3.8) is 0 Å². The van der Waals surface area contributed by atoms with E-state index in [1.807, 2.05) is 60.7 Å². The molecule has 158 valence electrons. The van der Waals surface area contributed by atoms with Crippen LogP contribution < -0.4 is 18.9 Å². The van der Waals surface area contributed by atoms with Gasteiger partial charge in [0.2, 0.25) is 6.23 Å². The molecule has 3 aromatic carbocycles. The van der Waals surface area contributed by atoms with E-state index in [0.29, 0.717) is 0 Å². The molecule has 0 saturated heterocycles. The van der Waals surface area contributed by atoms with Crippen molar-refractivity contribution in [1.29, 1.82) is 0 Å². The lowest BCUT2D eigenvalue weighted by molar-refractivity contribution is -0.0210. The van der Waals surface area contributed by atoms with Gasteiger partial charge in [0, 0.05) is 17.5 Å². The van der Waals surface area contributed by atoms with Crippen molar-refractivity contribution in [3.05, 3.63) is 83.4 Å². The lowest BCUT2D eigenvalue weighted by Gasteiger charge is -2.38. The molecule has 0 fully saturated rings. The zero-order valence-corrected chi connectivity index (χ0v) is 17.7. The minimum absolute atomic E-state index is 0.0483. The number of para-hydroxylation sites is 1. The number of fused-ring (bicyclic) bond motifs is 3. The Labute approximate surface area is 181 Å². The first-order chi connectivity index (χ1) is 15.2. The summed E-state index contributed by atoms with van der Waals surface area (Å²) < 4.78 is 22.8. The highest BCUT2D eigenvalue weighted by molar-refractivity contribution is 6.02. The van der Waals surface area contributed by atoms with Gasteiger partial charge >= 0.3 is 0 Å². The molecular formula is C25H24N2O4. The van der Waals surface area contributed by atoms with Gasteiger partial charge in [0.05, 0.1) is 33.1 Å². The van der Waals surface area contributed by atoms with Crippen LogP contribution in [0.15, 0.2) is 71.8 Å². The summed E-state index contributed by atoms with van der Waals surface area (Å²) in [5, 5.41) is 7.06. The summed E-state index contributed by atoms with van der Waals surface area (Å²) in [5.74, 6) is 3.10. The molecule has 2 aliphatic heterocycles. The number of rotatable bonds is 5. The van der Waals surface area contributed by atoms with E-state index in [1.54, 1.807) is 21.3 Å². The molecule has 2 heterocycles. The summed E-state index contributed by atoms with van der Waals surface area (Å²) in [6.45, 7) is 0. The molecule has 2 aliphatic rings. The number of hydrogen-bond acceptors (Lipinski definition) is 6. The Kier molecular flexibility index (Phi) is 4.90. The molecule has 6 heteroatoms. The maximum atomic E-state index is 6.49. The molecule has 0 bridgehead atoms. The van der Waals surface area contributed by atoms with E-state index in [1.165, 1.54) is 0 Å². The molecule has 0 N–H and O–H groups in total. The molecule has 6 nitrogen and oxygen atoms in total. The molecule has 0 radical (unpaired) electrons. The number of ether oxygens (including phenoxy) is 4. The van der Waals surface area contributed by atoms with Crippen molar-refractivity contribution in [2.45, 2.75) is 18.7 Å². The largest absolute Gasteiger partial charge is 0.497 e. The topological polar surface area (TPSA) is 52.5 Å². The lowest BCUT2D eigenvalue weighted by Crippen LogP contribution is -2.33. The Balaban J connectivity index is 1.59. The highest BCUT2D eigenvalue weighted by Crippen LogP contribution is 2.50. The summed E-state index contributed by atoms with van der Waals surface area (Å²) >= 11 is 0. The van der Waals surface area contributed by atoms with Crippen LogP contribution in [0.3, 0.4) is 0 Å². The van der Waals surface area contributed by atoms with Crippen LogP contribution in [0.2, 0.25) is 0 Å². The summed E-state index contributed by atoms with van der Waals surface area (Å²) in [6.07, 6.45) is 0.385. The first-order valence-corrected chi connectivity index (χ1v) is 10.2. The monoisotopic (exact) mass is 416 g/mol. The van der Waals surface area contributed by atoms with Gasteiger partial charge in [0.25, 0.3) is 0 Å². The third-order valence-electron chi connectivity index (χ3n) is 5.80. The molecule has 0 saturated carbocycles. The Hall–Kier alpha value is -3.67. The molecule has 5 rings (SSSR count). The fraction of sp³-hybridized carbons (Fsp3) is 0.240. The van der Waals surface area contributed by atoms with Crippen molar-refractivity contribution in [3.8, 4) is 23.0 Å². The van der Waals surface area contributed by atoms with Gasteiger partial charge in [0.1, 0.15) is 11.5 Å². The molecule has 0 amide bonds. The van der Waals surface area contributed by atoms with Crippen molar-refractivity contribution in [2.75, 3.05) is 21.3 Å². The van der Waals surface area contributed by atoms with E-state index in [0.717, 1.165) is 51.8 Å². The van der Waals surface area contributed by atoms with E-state index < -0.39 is 0 Å². The molecular weight excluding hydrogens is 392 g/mol. The van der Waals surface area contributed by atoms with Gasteiger partial charge < -0.3 is 18.9 Å². The van der Waals surface area contributed by atoms with Crippen molar-refractivity contribution < 1.29 is 18.9 Å². The number of benzene rings is 3. The van der Waals surface area contributed by atoms with Gasteiger partial charge in [-0.05, 0) is 48.0 Å². The lowest BCUT2D eigenvalue weighted by atomic mass is 9.95. The zero-order chi connectivity index (χ0) is 21.4. The third-order valence-corrected chi connectivity index (χ3v) is 5.80. The standard InChI is InChI=1S/C25H24N2O4/c1-28-18-12-10-16(11-13-18)21-15-22-20-8-5-9-23(30-3)24(20)31-25(27(22)26-21)17-6-4-7-19(14-17)29-2/h4-14,22,25H,15H2,1-3H3/t22-,25+/m0/s1. The average Bonchev–Trinajstić information content (AvgIpc) is 3.29. The van der Waals surface area contributed by atoms with Crippen molar-refractivity contribution in [2.24, 2.45) is 5.10 Å². The van der Waals surface area contributed by atoms with Gasteiger partial charge in [-0.15, -0.1) is 0 Å². The van der Waals surface area contributed by atoms with Gasteiger partial charge in [-0.25, -0.2) is 5.01 Å². The molecule has 0 unspecified atom stereocenters. The molecule has 0 aromatic heterocycles. The molecule has 2 atom stereocenters. The summed E-state index contributed by atoms with van der Waals surface area (Å²) in [7, 11) is 5.00. The normalized spacial score (nSPS) is 19.1. The van der Waals surface area contributed by atoms with Crippen LogP contribution in [-0.4, -0.2) is 32.0 Å². The van der Waals surface area contributed by atoms with E-state index >= 15 is 0 Å². The Morgan fingerprint density at radius 2 is 1.65 bits per heavy atom. The maximum Gasteiger partial charge on any atom is 0.214 e. The van der Waals surface area contributed by atoms with E-state index in [4.69, 9.17) is 24.0 Å². The first kappa shape index (κ1) is 19.3. The summed E-state index contributed by atoms with van der Waals surface area (Å²) in [5.41, 5.74) is 4.13. The highest BCUT2D eigenvalue weighted by Gasteiger charge is 2.42. The van der Waals surface area contributed by atoms with Gasteiger partial charge in [-0.2, -0.15) is 5.10 Å². The highest BCUT2D eigenvalue weighted by atomic mass is 16.5. The zero-order valence-electron chi connectivity index (χ0n) is 17.7. The minimum atomic E-state index is -0.389. The average molecular weight is 416 g/mol. The second kappa shape index (κ2) is 7.87. The van der Waals surface area contributed by atoms with E-state index in [2.05, 4.69) is 11.1 Å². The molecule has 0 aliphatic carbocycles. The third kappa shape index (κ3) is 3.34. The number of methoxy groups -OCH3 is 3. The van der Waals surface area contributed by atoms with E-state index in [-0.39, 0.29) is 12.3 Å². The fourth-order valence-corrected chi connectivity index (χ4v) is 4.22. The Morgan fingerprint density at radius 1 is 0.871 bits per heavy atom. The van der Waals surface area contributed by atoms with Gasteiger partial charge in [-0.1, -0.05) is 24.3 Å². The Morgan fingerprint density at radius 3 is 2.39 bits per heavy atom. The second-order valence-electron chi connectivity index (χ2n) is 7.50. The van der Waals surface area contributed by atoms with E-state index in [9.17, 15) is 0 Å². The SMILES string of the molecule is COc1ccc(C2=NN3[C@@H](c4cccc(OC)c4)Oc4c(OC)cccc4[C@@H]3C2)cc1. The second-order valence-corrected chi connectivity index (χ2v) is 7.50. The predicted molar refractivity (Wildman–Crippen MR) is 118 cm³/mol. The summed E-state index contributed by atoms with van der Waals surface area (Å²) in [4.78, 5) is 0. The number of hydrazone groups is 1. The van der Waals surface area contributed by atoms with Crippen LogP contribution >= 0.6 is 0 Å². The molecule has 0 spiro atoms. The maximum absolute atomic E-state index is 6.49. The van der Waals surface area contributed by atoms with Crippen molar-refractivity contribution >= 4 is 5.71 Å². The predicted octanol–water partition coefficient (Wildman–Crippen LogP) is 4.95. The van der Waals surface area contributed by atoms with Crippen LogP contribution in [0.5, 0.6) is 23.0 Å². The first-order valence-electron chi connectivity index (χ1n) is 10.2. The minimum Gasteiger partial charge on any atom is -0.497 e.